The summed E-state index contributed by atoms with van der Waals surface area (Å²) in [6, 6.07) is 27.3. The predicted octanol–water partition coefficient (Wildman–Crippen LogP) is 5.54. The van der Waals surface area contributed by atoms with Gasteiger partial charge in [0.2, 0.25) is 5.75 Å². The van der Waals surface area contributed by atoms with Gasteiger partial charge in [0, 0.05) is 11.6 Å². The van der Waals surface area contributed by atoms with Gasteiger partial charge in [-0.1, -0.05) is 84.1 Å². The number of ether oxygens (including phenoxy) is 2. The third kappa shape index (κ3) is 6.19. The summed E-state index contributed by atoms with van der Waals surface area (Å²) in [4.78, 5) is 53.8. The number of carbonyl (C=O) groups excluding carboxylic acids is 1. The number of fused-ring (bicyclic) bond motifs is 1. The van der Waals surface area contributed by atoms with Crippen molar-refractivity contribution in [2.24, 2.45) is 4.99 Å². The molecule has 0 radical (unpaired) electrons. The maximum atomic E-state index is 14.0. The standard InChI is InChI=1S/C34H24N4O8S/c1-2-45-33(40)29-30(22-9-5-3-6-10-22)35-34-36(31(29)23-11-7-4-8-12-23)32(39)28(47-34)19-21-13-16-25(17-14-21)46-27-18-15-24(37(41)42)20-26(27)38(43)44/h3-20,31H,2H2,1H3/b28-19-/t31-/m0/s1. The smallest absolute Gasteiger partial charge is 0.338 e. The van der Waals surface area contributed by atoms with Crippen LogP contribution >= 0.6 is 11.3 Å². The van der Waals surface area contributed by atoms with Gasteiger partial charge in [-0.25, -0.2) is 9.79 Å². The molecule has 0 fully saturated rings. The van der Waals surface area contributed by atoms with Crippen LogP contribution in [0.4, 0.5) is 11.4 Å². The SMILES string of the molecule is CCOC(=O)C1=C(c2ccccc2)N=c2s/c(=C\c3ccc(Oc4ccc([N+](=O)[O-])cc4[N+](=O)[O-])cc3)c(=O)n2[C@H]1c1ccccc1. The Kier molecular flexibility index (Phi) is 8.54. The van der Waals surface area contributed by atoms with Crippen LogP contribution in [0.15, 0.2) is 118 Å². The molecule has 0 unspecified atom stereocenters. The highest BCUT2D eigenvalue weighted by atomic mass is 32.1. The van der Waals surface area contributed by atoms with E-state index in [2.05, 4.69) is 0 Å². The van der Waals surface area contributed by atoms with Gasteiger partial charge in [0.15, 0.2) is 4.80 Å². The van der Waals surface area contributed by atoms with E-state index in [1.54, 1.807) is 37.3 Å². The van der Waals surface area contributed by atoms with E-state index in [1.165, 1.54) is 22.0 Å². The fourth-order valence-electron chi connectivity index (χ4n) is 5.15. The Bertz CT molecular complexity index is 2230. The number of hydrogen-bond donors (Lipinski definition) is 0. The largest absolute Gasteiger partial charge is 0.463 e. The molecule has 47 heavy (non-hydrogen) atoms. The highest BCUT2D eigenvalue weighted by Crippen LogP contribution is 2.36. The molecule has 2 heterocycles. The lowest BCUT2D eigenvalue weighted by Gasteiger charge is -2.25. The predicted molar refractivity (Wildman–Crippen MR) is 174 cm³/mol. The van der Waals surface area contributed by atoms with E-state index >= 15 is 0 Å². The van der Waals surface area contributed by atoms with Crippen LogP contribution < -0.4 is 19.6 Å². The molecule has 13 heteroatoms. The summed E-state index contributed by atoms with van der Waals surface area (Å²) in [6.07, 6.45) is 1.68. The van der Waals surface area contributed by atoms with E-state index < -0.39 is 33.2 Å². The zero-order valence-corrected chi connectivity index (χ0v) is 25.5. The first-order chi connectivity index (χ1) is 22.7. The number of hydrogen-bond acceptors (Lipinski definition) is 10. The summed E-state index contributed by atoms with van der Waals surface area (Å²) in [5.41, 5.74) is 1.40. The molecule has 0 N–H and O–H groups in total. The Labute approximate surface area is 270 Å². The molecule has 0 aliphatic carbocycles. The van der Waals surface area contributed by atoms with Crippen LogP contribution in [0.25, 0.3) is 11.8 Å². The lowest BCUT2D eigenvalue weighted by atomic mass is 9.93. The van der Waals surface area contributed by atoms with Crippen molar-refractivity contribution in [3.05, 3.63) is 165 Å². The Morgan fingerprint density at radius 1 is 0.936 bits per heavy atom. The van der Waals surface area contributed by atoms with Gasteiger partial charge in [0.05, 0.1) is 44.4 Å². The van der Waals surface area contributed by atoms with Gasteiger partial charge in [-0.15, -0.1) is 0 Å². The molecule has 0 amide bonds. The number of non-ortho nitro benzene ring substituents is 1. The molecule has 6 rings (SSSR count). The first-order valence-corrected chi connectivity index (χ1v) is 15.1. The molecule has 234 valence electrons. The van der Waals surface area contributed by atoms with E-state index in [0.717, 1.165) is 12.1 Å². The quantitative estimate of drug-likeness (QED) is 0.115. The molecule has 0 saturated carbocycles. The normalized spacial score (nSPS) is 14.2. The van der Waals surface area contributed by atoms with Gasteiger partial charge in [0.25, 0.3) is 11.2 Å². The molecule has 0 bridgehead atoms. The maximum Gasteiger partial charge on any atom is 0.338 e. The van der Waals surface area contributed by atoms with Gasteiger partial charge in [-0.3, -0.25) is 29.6 Å². The Hall–Kier alpha value is -6.21. The summed E-state index contributed by atoms with van der Waals surface area (Å²) in [5.74, 6) is -0.479. The molecule has 4 aromatic carbocycles. The molecular formula is C34H24N4O8S. The van der Waals surface area contributed by atoms with Gasteiger partial charge in [-0.2, -0.15) is 0 Å². The lowest BCUT2D eigenvalue weighted by molar-refractivity contribution is -0.394. The number of thiazole rings is 1. The fourth-order valence-corrected chi connectivity index (χ4v) is 6.15. The fraction of sp³-hybridized carbons (Fsp3) is 0.0882. The number of esters is 1. The van der Waals surface area contributed by atoms with E-state index in [9.17, 15) is 29.8 Å². The second-order valence-electron chi connectivity index (χ2n) is 10.2. The van der Waals surface area contributed by atoms with Crippen LogP contribution in [0.2, 0.25) is 0 Å². The Morgan fingerprint density at radius 3 is 2.26 bits per heavy atom. The number of aromatic nitrogens is 1. The van der Waals surface area contributed by atoms with Gasteiger partial charge in [0.1, 0.15) is 5.75 Å². The number of nitrogens with zero attached hydrogens (tertiary/aromatic N) is 4. The number of carbonyl (C=O) groups is 1. The maximum absolute atomic E-state index is 14.0. The highest BCUT2D eigenvalue weighted by Gasteiger charge is 2.35. The van der Waals surface area contributed by atoms with Crippen molar-refractivity contribution in [3.8, 4) is 11.5 Å². The van der Waals surface area contributed by atoms with Crippen LogP contribution in [0.5, 0.6) is 11.5 Å². The minimum atomic E-state index is -0.794. The Balaban J connectivity index is 1.42. The average Bonchev–Trinajstić information content (AvgIpc) is 3.39. The Morgan fingerprint density at radius 2 is 1.62 bits per heavy atom. The van der Waals surface area contributed by atoms with Crippen LogP contribution in [0.1, 0.15) is 29.7 Å². The molecule has 12 nitrogen and oxygen atoms in total. The van der Waals surface area contributed by atoms with E-state index in [4.69, 9.17) is 14.5 Å². The van der Waals surface area contributed by atoms with Crippen molar-refractivity contribution >= 4 is 40.5 Å². The molecule has 1 aliphatic heterocycles. The third-order valence-corrected chi connectivity index (χ3v) is 8.23. The number of rotatable bonds is 9. The minimum absolute atomic E-state index is 0.146. The lowest BCUT2D eigenvalue weighted by Crippen LogP contribution is -2.39. The van der Waals surface area contributed by atoms with Crippen molar-refractivity contribution in [1.82, 2.24) is 4.57 Å². The minimum Gasteiger partial charge on any atom is -0.463 e. The molecule has 5 aromatic rings. The third-order valence-electron chi connectivity index (χ3n) is 7.24. The molecule has 1 aromatic heterocycles. The number of benzene rings is 4. The first-order valence-electron chi connectivity index (χ1n) is 14.3. The zero-order valence-electron chi connectivity index (χ0n) is 24.6. The molecule has 1 atom stereocenters. The monoisotopic (exact) mass is 648 g/mol. The topological polar surface area (TPSA) is 156 Å². The summed E-state index contributed by atoms with van der Waals surface area (Å²) in [7, 11) is 0. The van der Waals surface area contributed by atoms with E-state index in [-0.39, 0.29) is 29.2 Å². The average molecular weight is 649 g/mol. The van der Waals surface area contributed by atoms with Crippen molar-refractivity contribution < 1.29 is 24.1 Å². The summed E-state index contributed by atoms with van der Waals surface area (Å²) in [5, 5.41) is 22.5. The zero-order chi connectivity index (χ0) is 33.1. The van der Waals surface area contributed by atoms with Crippen LogP contribution in [-0.4, -0.2) is 27.0 Å². The van der Waals surface area contributed by atoms with Crippen LogP contribution in [0, 0.1) is 20.2 Å². The van der Waals surface area contributed by atoms with Crippen molar-refractivity contribution in [1.29, 1.82) is 0 Å². The van der Waals surface area contributed by atoms with Crippen molar-refractivity contribution in [2.75, 3.05) is 6.61 Å². The van der Waals surface area contributed by atoms with Crippen LogP contribution in [-0.2, 0) is 9.53 Å². The van der Waals surface area contributed by atoms with Crippen molar-refractivity contribution in [2.45, 2.75) is 13.0 Å². The highest BCUT2D eigenvalue weighted by molar-refractivity contribution is 7.07. The van der Waals surface area contributed by atoms with Gasteiger partial charge >= 0.3 is 11.7 Å². The number of nitro groups is 2. The van der Waals surface area contributed by atoms with Crippen molar-refractivity contribution in [3.63, 3.8) is 0 Å². The van der Waals surface area contributed by atoms with Gasteiger partial charge in [-0.05, 0) is 42.3 Å². The van der Waals surface area contributed by atoms with Gasteiger partial charge < -0.3 is 9.47 Å². The first kappa shape index (κ1) is 30.8. The number of nitro benzene ring substituents is 2. The van der Waals surface area contributed by atoms with Crippen LogP contribution in [0.3, 0.4) is 0 Å². The molecule has 0 spiro atoms. The summed E-state index contributed by atoms with van der Waals surface area (Å²) >= 11 is 1.18. The molecule has 1 aliphatic rings. The second-order valence-corrected chi connectivity index (χ2v) is 11.2. The molecule has 0 saturated heterocycles. The summed E-state index contributed by atoms with van der Waals surface area (Å²) in [6.45, 7) is 1.87. The van der Waals surface area contributed by atoms with E-state index in [1.807, 2.05) is 60.7 Å². The molecular weight excluding hydrogens is 624 g/mol. The summed E-state index contributed by atoms with van der Waals surface area (Å²) < 4.78 is 13.0. The second kappa shape index (κ2) is 13.0. The van der Waals surface area contributed by atoms with E-state index in [0.29, 0.717) is 31.7 Å².